The van der Waals surface area contributed by atoms with Gasteiger partial charge in [-0.2, -0.15) is 0 Å². The Morgan fingerprint density at radius 2 is 1.73 bits per heavy atom. The van der Waals surface area contributed by atoms with E-state index in [0.717, 1.165) is 24.0 Å². The standard InChI is InChI=1S/C17H22NOS2.BrH/c1-18(2)11-13(10-14(12-18)19-3)17(15-6-4-8-20-15)16-7-5-9-21-16;/h4-9,14H,10-12H2,1-3H3;1H/q+1;. The van der Waals surface area contributed by atoms with Crippen molar-refractivity contribution >= 4 is 45.2 Å². The van der Waals surface area contributed by atoms with Gasteiger partial charge in [0.2, 0.25) is 0 Å². The maximum absolute atomic E-state index is 5.70. The molecule has 2 aromatic heterocycles. The molecular weight excluding hydrogens is 378 g/mol. The van der Waals surface area contributed by atoms with Crippen LogP contribution in [0.4, 0.5) is 0 Å². The van der Waals surface area contributed by atoms with E-state index in [0.29, 0.717) is 6.10 Å². The van der Waals surface area contributed by atoms with Gasteiger partial charge in [0.05, 0.1) is 14.1 Å². The van der Waals surface area contributed by atoms with E-state index >= 15 is 0 Å². The summed E-state index contributed by atoms with van der Waals surface area (Å²) < 4.78 is 6.69. The number of thiophene rings is 2. The molecule has 120 valence electrons. The second-order valence-corrected chi connectivity index (χ2v) is 8.17. The van der Waals surface area contributed by atoms with Crippen molar-refractivity contribution < 1.29 is 9.22 Å². The number of methoxy groups -OCH3 is 1. The minimum atomic E-state index is 0. The summed E-state index contributed by atoms with van der Waals surface area (Å²) in [6.07, 6.45) is 1.36. The lowest BCUT2D eigenvalue weighted by atomic mass is 9.94. The van der Waals surface area contributed by atoms with Gasteiger partial charge in [0.15, 0.2) is 0 Å². The van der Waals surface area contributed by atoms with Crippen molar-refractivity contribution in [3.8, 4) is 0 Å². The van der Waals surface area contributed by atoms with E-state index in [1.807, 2.05) is 29.8 Å². The monoisotopic (exact) mass is 400 g/mol. The minimum absolute atomic E-state index is 0. The lowest BCUT2D eigenvalue weighted by Crippen LogP contribution is -2.51. The molecule has 0 N–H and O–H groups in total. The predicted molar refractivity (Wildman–Crippen MR) is 102 cm³/mol. The van der Waals surface area contributed by atoms with Gasteiger partial charge in [-0.1, -0.05) is 12.1 Å². The molecule has 0 saturated carbocycles. The SMILES string of the molecule is Br.COC1CC(=C(c2cccs2)c2cccs2)C[N+](C)(C)C1. The van der Waals surface area contributed by atoms with Crippen LogP contribution in [0, 0.1) is 0 Å². The number of quaternary nitrogens is 1. The molecule has 1 atom stereocenters. The summed E-state index contributed by atoms with van der Waals surface area (Å²) in [6.45, 7) is 2.19. The molecule has 1 aliphatic heterocycles. The largest absolute Gasteiger partial charge is 0.375 e. The minimum Gasteiger partial charge on any atom is -0.375 e. The zero-order valence-corrected chi connectivity index (χ0v) is 16.6. The summed E-state index contributed by atoms with van der Waals surface area (Å²) >= 11 is 3.67. The highest BCUT2D eigenvalue weighted by molar-refractivity contribution is 8.93. The van der Waals surface area contributed by atoms with Gasteiger partial charge in [-0.05, 0) is 28.5 Å². The lowest BCUT2D eigenvalue weighted by Gasteiger charge is -2.39. The molecule has 0 spiro atoms. The number of halogens is 1. The van der Waals surface area contributed by atoms with Crippen molar-refractivity contribution in [2.45, 2.75) is 12.5 Å². The normalized spacial score (nSPS) is 20.5. The molecule has 0 radical (unpaired) electrons. The van der Waals surface area contributed by atoms with Crippen molar-refractivity contribution in [1.82, 2.24) is 0 Å². The molecule has 2 nitrogen and oxygen atoms in total. The molecular formula is C17H23BrNOS2+. The number of hydrogen-bond acceptors (Lipinski definition) is 3. The molecule has 0 amide bonds. The number of likely N-dealkylation sites (tertiary alicyclic amines) is 1. The third kappa shape index (κ3) is 3.89. The highest BCUT2D eigenvalue weighted by Crippen LogP contribution is 2.37. The average Bonchev–Trinajstić information content (AvgIpc) is 3.11. The maximum Gasteiger partial charge on any atom is 0.110 e. The van der Waals surface area contributed by atoms with E-state index in [9.17, 15) is 0 Å². The lowest BCUT2D eigenvalue weighted by molar-refractivity contribution is -0.892. The second-order valence-electron chi connectivity index (χ2n) is 6.27. The van der Waals surface area contributed by atoms with Crippen LogP contribution in [0.1, 0.15) is 16.2 Å². The fourth-order valence-corrected chi connectivity index (χ4v) is 4.92. The molecule has 3 rings (SSSR count). The smallest absolute Gasteiger partial charge is 0.110 e. The summed E-state index contributed by atoms with van der Waals surface area (Å²) in [5.41, 5.74) is 2.97. The summed E-state index contributed by atoms with van der Waals surface area (Å²) in [6, 6.07) is 8.77. The van der Waals surface area contributed by atoms with Gasteiger partial charge in [-0.25, -0.2) is 0 Å². The summed E-state index contributed by atoms with van der Waals surface area (Å²) in [7, 11) is 6.43. The van der Waals surface area contributed by atoms with Crippen LogP contribution in [-0.4, -0.2) is 44.9 Å². The Labute approximate surface area is 151 Å². The van der Waals surface area contributed by atoms with E-state index in [1.165, 1.54) is 20.9 Å². The van der Waals surface area contributed by atoms with Crippen LogP contribution in [0.25, 0.3) is 5.57 Å². The van der Waals surface area contributed by atoms with Gasteiger partial charge < -0.3 is 9.22 Å². The molecule has 0 aromatic carbocycles. The fraction of sp³-hybridized carbons (Fsp3) is 0.412. The molecule has 1 fully saturated rings. The van der Waals surface area contributed by atoms with Crippen LogP contribution < -0.4 is 0 Å². The highest BCUT2D eigenvalue weighted by Gasteiger charge is 2.33. The molecule has 1 saturated heterocycles. The first-order valence-electron chi connectivity index (χ1n) is 7.23. The van der Waals surface area contributed by atoms with Crippen LogP contribution in [0.5, 0.6) is 0 Å². The Kier molecular flexibility index (Phi) is 6.02. The van der Waals surface area contributed by atoms with Crippen LogP contribution in [0.15, 0.2) is 40.6 Å². The number of rotatable bonds is 3. The fourth-order valence-electron chi connectivity index (χ4n) is 3.19. The van der Waals surface area contributed by atoms with Crippen molar-refractivity contribution in [2.75, 3.05) is 34.3 Å². The molecule has 5 heteroatoms. The Morgan fingerprint density at radius 3 is 2.18 bits per heavy atom. The van der Waals surface area contributed by atoms with Gasteiger partial charge in [-0.3, -0.25) is 0 Å². The molecule has 2 aromatic rings. The first kappa shape index (κ1) is 17.9. The first-order valence-corrected chi connectivity index (χ1v) is 8.99. The topological polar surface area (TPSA) is 9.23 Å². The van der Waals surface area contributed by atoms with E-state index < -0.39 is 0 Å². The number of hydrogen-bond donors (Lipinski definition) is 0. The highest BCUT2D eigenvalue weighted by atomic mass is 79.9. The first-order chi connectivity index (χ1) is 10.1. The Hall–Kier alpha value is -0.460. The van der Waals surface area contributed by atoms with E-state index in [1.54, 1.807) is 0 Å². The zero-order valence-electron chi connectivity index (χ0n) is 13.2. The molecule has 0 aliphatic carbocycles. The van der Waals surface area contributed by atoms with E-state index in [-0.39, 0.29) is 17.0 Å². The maximum atomic E-state index is 5.70. The zero-order chi connectivity index (χ0) is 14.9. The summed E-state index contributed by atoms with van der Waals surface area (Å²) in [5.74, 6) is 0. The molecule has 0 bridgehead atoms. The quantitative estimate of drug-likeness (QED) is 0.679. The van der Waals surface area contributed by atoms with E-state index in [4.69, 9.17) is 4.74 Å². The molecule has 3 heterocycles. The van der Waals surface area contributed by atoms with E-state index in [2.05, 4.69) is 49.1 Å². The number of nitrogens with zero attached hydrogens (tertiary/aromatic N) is 1. The van der Waals surface area contributed by atoms with Gasteiger partial charge in [0.25, 0.3) is 0 Å². The van der Waals surface area contributed by atoms with Crippen LogP contribution in [-0.2, 0) is 4.74 Å². The summed E-state index contributed by atoms with van der Waals surface area (Å²) in [5, 5.41) is 4.33. The van der Waals surface area contributed by atoms with Crippen molar-refractivity contribution in [2.24, 2.45) is 0 Å². The molecule has 1 aliphatic rings. The predicted octanol–water partition coefficient (Wildman–Crippen LogP) is 4.68. The van der Waals surface area contributed by atoms with Gasteiger partial charge in [0, 0.05) is 28.9 Å². The van der Waals surface area contributed by atoms with Gasteiger partial charge >= 0.3 is 0 Å². The molecule has 22 heavy (non-hydrogen) atoms. The van der Waals surface area contributed by atoms with Gasteiger partial charge in [-0.15, -0.1) is 39.7 Å². The Morgan fingerprint density at radius 1 is 1.14 bits per heavy atom. The molecule has 1 unspecified atom stereocenters. The van der Waals surface area contributed by atoms with Crippen molar-refractivity contribution in [1.29, 1.82) is 0 Å². The van der Waals surface area contributed by atoms with Crippen LogP contribution >= 0.6 is 39.7 Å². The number of likely N-dealkylation sites (N-methyl/N-ethyl adjacent to an activating group) is 1. The number of ether oxygens (including phenoxy) is 1. The number of piperidine rings is 1. The third-order valence-corrected chi connectivity index (χ3v) is 5.79. The van der Waals surface area contributed by atoms with Crippen molar-refractivity contribution in [3.05, 3.63) is 50.4 Å². The Balaban J connectivity index is 0.00000176. The van der Waals surface area contributed by atoms with Crippen LogP contribution in [0.2, 0.25) is 0 Å². The second kappa shape index (κ2) is 7.41. The third-order valence-electron chi connectivity index (χ3n) is 4.01. The van der Waals surface area contributed by atoms with Crippen LogP contribution in [0.3, 0.4) is 0 Å². The van der Waals surface area contributed by atoms with Gasteiger partial charge in [0.1, 0.15) is 19.2 Å². The summed E-state index contributed by atoms with van der Waals surface area (Å²) in [4.78, 5) is 2.76. The Bertz CT molecular complexity index is 581. The van der Waals surface area contributed by atoms with Crippen molar-refractivity contribution in [3.63, 3.8) is 0 Å². The average molecular weight is 401 g/mol.